The van der Waals surface area contributed by atoms with Gasteiger partial charge in [0, 0.05) is 29.5 Å². The van der Waals surface area contributed by atoms with Gasteiger partial charge < -0.3 is 4.90 Å². The smallest absolute Gasteiger partial charge is 0.227 e. The van der Waals surface area contributed by atoms with Crippen molar-refractivity contribution < 1.29 is 13.2 Å². The summed E-state index contributed by atoms with van der Waals surface area (Å²) in [6.45, 7) is 2.03. The topological polar surface area (TPSA) is 54.5 Å². The number of carbonyl (C=O) groups excluding carboxylic acids is 1. The van der Waals surface area contributed by atoms with Gasteiger partial charge in [-0.05, 0) is 25.0 Å². The number of amides is 1. The molecular formula is C15H17NO3S. The average Bonchev–Trinajstić information content (AvgIpc) is 2.88. The highest BCUT2D eigenvalue weighted by Crippen LogP contribution is 2.33. The van der Waals surface area contributed by atoms with Crippen LogP contribution in [0.1, 0.15) is 18.9 Å². The highest BCUT2D eigenvalue weighted by atomic mass is 32.2. The monoisotopic (exact) mass is 291 g/mol. The van der Waals surface area contributed by atoms with E-state index in [0.29, 0.717) is 0 Å². The van der Waals surface area contributed by atoms with Gasteiger partial charge in [0.1, 0.15) is 0 Å². The first-order valence-electron chi connectivity index (χ1n) is 6.77. The number of hydrogen-bond acceptors (Lipinski definition) is 3. The molecule has 0 fully saturated rings. The van der Waals surface area contributed by atoms with Crippen LogP contribution in [0.15, 0.2) is 35.7 Å². The second-order valence-corrected chi connectivity index (χ2v) is 7.50. The summed E-state index contributed by atoms with van der Waals surface area (Å²) in [7, 11) is -3.09. The number of nitrogens with zero attached hydrogens (tertiary/aromatic N) is 1. The van der Waals surface area contributed by atoms with Crippen molar-refractivity contribution in [3.8, 4) is 0 Å². The van der Waals surface area contributed by atoms with Crippen molar-refractivity contribution in [1.82, 2.24) is 0 Å². The Morgan fingerprint density at radius 1 is 1.35 bits per heavy atom. The van der Waals surface area contributed by atoms with Gasteiger partial charge in [0.2, 0.25) is 5.91 Å². The third kappa shape index (κ3) is 2.38. The maximum atomic E-state index is 12.5. The molecule has 0 unspecified atom stereocenters. The molecule has 1 aromatic carbocycles. The summed E-state index contributed by atoms with van der Waals surface area (Å²) in [6, 6.07) is 8.04. The van der Waals surface area contributed by atoms with Gasteiger partial charge in [0.15, 0.2) is 9.84 Å². The predicted octanol–water partition coefficient (Wildman–Crippen LogP) is 1.91. The standard InChI is InChI=1S/C15H17NO3S/c1-11-8-13-4-2-3-5-14(13)16(11)15(17)9-12-6-7-20(18,19)10-12/h2-7,11-12H,8-10H2,1H3/t11-,12-/m0/s1. The molecule has 0 radical (unpaired) electrons. The van der Waals surface area contributed by atoms with E-state index in [2.05, 4.69) is 0 Å². The molecule has 2 aliphatic rings. The Kier molecular flexibility index (Phi) is 3.17. The quantitative estimate of drug-likeness (QED) is 0.836. The summed E-state index contributed by atoms with van der Waals surface area (Å²) < 4.78 is 22.8. The first-order valence-corrected chi connectivity index (χ1v) is 8.49. The molecule has 20 heavy (non-hydrogen) atoms. The van der Waals surface area contributed by atoms with Crippen molar-refractivity contribution in [1.29, 1.82) is 0 Å². The van der Waals surface area contributed by atoms with Crippen LogP contribution in [0, 0.1) is 5.92 Å². The summed E-state index contributed by atoms with van der Waals surface area (Å²) >= 11 is 0. The van der Waals surface area contributed by atoms with Crippen LogP contribution in [0.3, 0.4) is 0 Å². The summed E-state index contributed by atoms with van der Waals surface area (Å²) in [6.07, 6.45) is 2.76. The summed E-state index contributed by atoms with van der Waals surface area (Å²) in [5.41, 5.74) is 2.15. The minimum atomic E-state index is -3.09. The fourth-order valence-electron chi connectivity index (χ4n) is 3.04. The predicted molar refractivity (Wildman–Crippen MR) is 78.1 cm³/mol. The Bertz CT molecular complexity index is 678. The van der Waals surface area contributed by atoms with Gasteiger partial charge >= 0.3 is 0 Å². The van der Waals surface area contributed by atoms with Crippen LogP contribution in [-0.4, -0.2) is 26.1 Å². The van der Waals surface area contributed by atoms with Crippen LogP contribution in [0.4, 0.5) is 5.69 Å². The number of benzene rings is 1. The number of hydrogen-bond donors (Lipinski definition) is 0. The lowest BCUT2D eigenvalue weighted by molar-refractivity contribution is -0.119. The molecule has 5 heteroatoms. The highest BCUT2D eigenvalue weighted by molar-refractivity contribution is 7.94. The first-order chi connectivity index (χ1) is 9.46. The van der Waals surface area contributed by atoms with Crippen LogP contribution >= 0.6 is 0 Å². The van der Waals surface area contributed by atoms with Crippen molar-refractivity contribution in [3.63, 3.8) is 0 Å². The van der Waals surface area contributed by atoms with Crippen LogP contribution in [-0.2, 0) is 21.1 Å². The van der Waals surface area contributed by atoms with Gasteiger partial charge in [-0.15, -0.1) is 0 Å². The highest BCUT2D eigenvalue weighted by Gasteiger charge is 2.33. The average molecular weight is 291 g/mol. The molecule has 106 valence electrons. The van der Waals surface area contributed by atoms with Crippen molar-refractivity contribution in [2.45, 2.75) is 25.8 Å². The van der Waals surface area contributed by atoms with Crippen LogP contribution in [0.25, 0.3) is 0 Å². The lowest BCUT2D eigenvalue weighted by Crippen LogP contribution is -2.36. The Labute approximate surface area is 119 Å². The van der Waals surface area contributed by atoms with Gasteiger partial charge in [0.05, 0.1) is 5.75 Å². The van der Waals surface area contributed by atoms with Gasteiger partial charge in [-0.25, -0.2) is 8.42 Å². The van der Waals surface area contributed by atoms with Gasteiger partial charge in [-0.3, -0.25) is 4.79 Å². The molecule has 0 aliphatic carbocycles. The minimum absolute atomic E-state index is 0.00852. The SMILES string of the molecule is C[C@H]1Cc2ccccc2N1C(=O)C[C@@H]1C=CS(=O)(=O)C1. The van der Waals surface area contributed by atoms with Crippen molar-refractivity contribution in [3.05, 3.63) is 41.3 Å². The molecule has 0 spiro atoms. The van der Waals surface area contributed by atoms with E-state index in [0.717, 1.165) is 12.1 Å². The second kappa shape index (κ2) is 4.74. The number of sulfone groups is 1. The van der Waals surface area contributed by atoms with E-state index in [-0.39, 0.29) is 30.0 Å². The minimum Gasteiger partial charge on any atom is -0.309 e. The lowest BCUT2D eigenvalue weighted by atomic mass is 10.1. The van der Waals surface area contributed by atoms with E-state index in [1.165, 1.54) is 11.0 Å². The Balaban J connectivity index is 1.77. The van der Waals surface area contributed by atoms with Crippen molar-refractivity contribution in [2.24, 2.45) is 5.92 Å². The first kappa shape index (κ1) is 13.4. The van der Waals surface area contributed by atoms with Gasteiger partial charge in [-0.1, -0.05) is 24.3 Å². The number of rotatable bonds is 2. The number of anilines is 1. The van der Waals surface area contributed by atoms with Crippen molar-refractivity contribution >= 4 is 21.4 Å². The molecule has 1 amide bonds. The fourth-order valence-corrected chi connectivity index (χ4v) is 4.43. The molecule has 2 atom stereocenters. The van der Waals surface area contributed by atoms with Gasteiger partial charge in [0.25, 0.3) is 0 Å². The third-order valence-corrected chi connectivity index (χ3v) is 5.38. The maximum Gasteiger partial charge on any atom is 0.227 e. The lowest BCUT2D eigenvalue weighted by Gasteiger charge is -2.23. The number of allylic oxidation sites excluding steroid dienone is 1. The molecule has 0 saturated heterocycles. The molecule has 2 aliphatic heterocycles. The molecule has 3 rings (SSSR count). The second-order valence-electron chi connectivity index (χ2n) is 5.57. The van der Waals surface area contributed by atoms with Crippen LogP contribution in [0.2, 0.25) is 0 Å². The largest absolute Gasteiger partial charge is 0.309 e. The molecule has 0 N–H and O–H groups in total. The number of para-hydroxylation sites is 1. The van der Waals surface area contributed by atoms with Gasteiger partial charge in [-0.2, -0.15) is 0 Å². The van der Waals surface area contributed by atoms with Crippen LogP contribution in [0.5, 0.6) is 0 Å². The summed E-state index contributed by atoms with van der Waals surface area (Å²) in [5, 5.41) is 1.23. The Morgan fingerprint density at radius 3 is 2.80 bits per heavy atom. The molecule has 0 saturated carbocycles. The molecule has 2 heterocycles. The zero-order valence-corrected chi connectivity index (χ0v) is 12.1. The van der Waals surface area contributed by atoms with E-state index in [1.807, 2.05) is 36.1 Å². The number of fused-ring (bicyclic) bond motifs is 1. The third-order valence-electron chi connectivity index (χ3n) is 3.92. The molecule has 0 bridgehead atoms. The van der Waals surface area contributed by atoms with E-state index in [1.54, 1.807) is 6.08 Å². The molecule has 0 aromatic heterocycles. The zero-order chi connectivity index (χ0) is 14.3. The Hall–Kier alpha value is -1.62. The maximum absolute atomic E-state index is 12.5. The normalized spacial score (nSPS) is 26.8. The number of carbonyl (C=O) groups is 1. The molecule has 4 nitrogen and oxygen atoms in total. The van der Waals surface area contributed by atoms with E-state index in [9.17, 15) is 13.2 Å². The zero-order valence-electron chi connectivity index (χ0n) is 11.3. The molecular weight excluding hydrogens is 274 g/mol. The Morgan fingerprint density at radius 2 is 2.10 bits per heavy atom. The molecule has 1 aromatic rings. The van der Waals surface area contributed by atoms with E-state index >= 15 is 0 Å². The van der Waals surface area contributed by atoms with E-state index < -0.39 is 9.84 Å². The van der Waals surface area contributed by atoms with Crippen molar-refractivity contribution in [2.75, 3.05) is 10.7 Å². The fraction of sp³-hybridized carbons (Fsp3) is 0.400. The summed E-state index contributed by atoms with van der Waals surface area (Å²) in [5.74, 6) is -0.121. The summed E-state index contributed by atoms with van der Waals surface area (Å²) in [4.78, 5) is 14.3. The van der Waals surface area contributed by atoms with E-state index in [4.69, 9.17) is 0 Å². The van der Waals surface area contributed by atoms with Crippen LogP contribution < -0.4 is 4.90 Å².